The van der Waals surface area contributed by atoms with Gasteiger partial charge in [0.25, 0.3) is 0 Å². The predicted molar refractivity (Wildman–Crippen MR) is 16.5 cm³/mol. The van der Waals surface area contributed by atoms with Crippen LogP contribution in [0.25, 0.3) is 0 Å². The van der Waals surface area contributed by atoms with E-state index in [1.54, 1.807) is 0 Å². The molecule has 0 aliphatic carbocycles. The molecule has 30 valence electrons. The molecule has 0 unspecified atom stereocenters. The first-order valence-electron chi connectivity index (χ1n) is 1.63. The van der Waals surface area contributed by atoms with Gasteiger partial charge in [-0.05, 0) is 6.92 Å². The Morgan fingerprint density at radius 2 is 2.00 bits per heavy atom. The van der Waals surface area contributed by atoms with Crippen LogP contribution in [0.15, 0.2) is 0 Å². The summed E-state index contributed by atoms with van der Waals surface area (Å²) in [7, 11) is 0. The van der Waals surface area contributed by atoms with Crippen LogP contribution in [-0.4, -0.2) is 13.1 Å². The van der Waals surface area contributed by atoms with E-state index in [9.17, 15) is 0 Å². The molecule has 0 aromatic rings. The number of hydrogen-bond donors (Lipinski definition) is 0. The molecule has 1 saturated heterocycles. The highest BCUT2D eigenvalue weighted by Gasteiger charge is 2.09. The van der Waals surface area contributed by atoms with E-state index in [4.69, 9.17) is 9.47 Å². The lowest BCUT2D eigenvalue weighted by Crippen LogP contribution is -2.26. The van der Waals surface area contributed by atoms with E-state index in [1.165, 1.54) is 0 Å². The third-order valence-electron chi connectivity index (χ3n) is 0.605. The number of ether oxygens (including phenoxy) is 2. The van der Waals surface area contributed by atoms with E-state index >= 15 is 0 Å². The minimum absolute atomic E-state index is 0.0648. The first-order chi connectivity index (χ1) is 2.39. The summed E-state index contributed by atoms with van der Waals surface area (Å²) in [5, 5.41) is 0. The number of hydrogen-bond acceptors (Lipinski definition) is 2. The van der Waals surface area contributed by atoms with Crippen molar-refractivity contribution in [2.45, 2.75) is 13.2 Å². The lowest BCUT2D eigenvalue weighted by atomic mass is 10.7. The summed E-state index contributed by atoms with van der Waals surface area (Å²) in [5.74, 6) is 0. The van der Waals surface area contributed by atoms with Crippen LogP contribution in [0.4, 0.5) is 0 Å². The van der Waals surface area contributed by atoms with Crippen LogP contribution in [0.1, 0.15) is 6.92 Å². The van der Waals surface area contributed by atoms with Gasteiger partial charge in [0.15, 0.2) is 13.1 Å². The summed E-state index contributed by atoms with van der Waals surface area (Å²) in [5.41, 5.74) is 0. The van der Waals surface area contributed by atoms with Crippen LogP contribution in [0.2, 0.25) is 0 Å². The summed E-state index contributed by atoms with van der Waals surface area (Å²) < 4.78 is 9.42. The maximum Gasteiger partial charge on any atom is 0.160 e. The Kier molecular flexibility index (Phi) is 0.596. The maximum absolute atomic E-state index is 4.71. The lowest BCUT2D eigenvalue weighted by molar-refractivity contribution is -0.311. The van der Waals surface area contributed by atoms with Gasteiger partial charge >= 0.3 is 0 Å². The topological polar surface area (TPSA) is 18.5 Å². The predicted octanol–water partition coefficient (Wildman–Crippen LogP) is 0.337. The Bertz CT molecular complexity index is 31.9. The summed E-state index contributed by atoms with van der Waals surface area (Å²) in [6.45, 7) is 2.35. The Balaban J connectivity index is 2.08. The van der Waals surface area contributed by atoms with E-state index in [0.717, 1.165) is 0 Å². The SMILES string of the molecule is CC1OCO1. The Hall–Kier alpha value is -0.0800. The quantitative estimate of drug-likeness (QED) is 0.412. The average Bonchev–Trinajstić information content (AvgIpc) is 1.30. The van der Waals surface area contributed by atoms with Crippen molar-refractivity contribution < 1.29 is 9.47 Å². The zero-order chi connectivity index (χ0) is 3.70. The fourth-order valence-electron chi connectivity index (χ4n) is 0.204. The van der Waals surface area contributed by atoms with Crippen molar-refractivity contribution in [3.63, 3.8) is 0 Å². The third-order valence-corrected chi connectivity index (χ3v) is 0.605. The number of rotatable bonds is 0. The molecule has 2 heteroatoms. The van der Waals surface area contributed by atoms with Crippen molar-refractivity contribution >= 4 is 0 Å². The van der Waals surface area contributed by atoms with Crippen molar-refractivity contribution in [2.75, 3.05) is 6.79 Å². The molecule has 0 spiro atoms. The van der Waals surface area contributed by atoms with Crippen molar-refractivity contribution in [3.05, 3.63) is 0 Å². The van der Waals surface area contributed by atoms with Crippen LogP contribution < -0.4 is 0 Å². The Labute approximate surface area is 30.7 Å². The normalized spacial score (nSPS) is 25.8. The first kappa shape index (κ1) is 3.12. The highest BCUT2D eigenvalue weighted by Crippen LogP contribution is 2.02. The van der Waals surface area contributed by atoms with Gasteiger partial charge in [-0.1, -0.05) is 0 Å². The van der Waals surface area contributed by atoms with Gasteiger partial charge in [-0.2, -0.15) is 0 Å². The van der Waals surface area contributed by atoms with E-state index < -0.39 is 0 Å². The van der Waals surface area contributed by atoms with Crippen molar-refractivity contribution in [1.29, 1.82) is 0 Å². The van der Waals surface area contributed by atoms with Crippen molar-refractivity contribution in [3.8, 4) is 0 Å². The molecule has 0 atom stereocenters. The van der Waals surface area contributed by atoms with Crippen LogP contribution in [0.5, 0.6) is 0 Å². The van der Waals surface area contributed by atoms with Gasteiger partial charge in [-0.15, -0.1) is 0 Å². The molecule has 1 fully saturated rings. The van der Waals surface area contributed by atoms with Crippen LogP contribution in [0, 0.1) is 0 Å². The van der Waals surface area contributed by atoms with Gasteiger partial charge in [0.1, 0.15) is 0 Å². The molecule has 0 radical (unpaired) electrons. The second kappa shape index (κ2) is 0.954. The molecule has 2 nitrogen and oxygen atoms in total. The lowest BCUT2D eigenvalue weighted by Gasteiger charge is -2.21. The highest BCUT2D eigenvalue weighted by molar-refractivity contribution is 4.31. The average molecular weight is 74.1 g/mol. The molecule has 1 rings (SSSR count). The van der Waals surface area contributed by atoms with Gasteiger partial charge in [-0.3, -0.25) is 0 Å². The zero-order valence-electron chi connectivity index (χ0n) is 3.10. The first-order valence-corrected chi connectivity index (χ1v) is 1.63. The summed E-state index contributed by atoms with van der Waals surface area (Å²) >= 11 is 0. The summed E-state index contributed by atoms with van der Waals surface area (Å²) in [6, 6.07) is 0. The van der Waals surface area contributed by atoms with Gasteiger partial charge in [0.05, 0.1) is 0 Å². The van der Waals surface area contributed by atoms with Gasteiger partial charge in [0, 0.05) is 0 Å². The Morgan fingerprint density at radius 1 is 1.60 bits per heavy atom. The Morgan fingerprint density at radius 3 is 2.00 bits per heavy atom. The molecule has 5 heavy (non-hydrogen) atoms. The van der Waals surface area contributed by atoms with Gasteiger partial charge in [0.2, 0.25) is 0 Å². The van der Waals surface area contributed by atoms with E-state index in [0.29, 0.717) is 6.79 Å². The fraction of sp³-hybridized carbons (Fsp3) is 1.00. The smallest absolute Gasteiger partial charge is 0.160 e. The summed E-state index contributed by atoms with van der Waals surface area (Å²) in [4.78, 5) is 0. The third kappa shape index (κ3) is 0.412. The largest absolute Gasteiger partial charge is 0.327 e. The highest BCUT2D eigenvalue weighted by atomic mass is 16.8. The summed E-state index contributed by atoms with van der Waals surface area (Å²) in [6.07, 6.45) is 0.0648. The molecule has 1 heterocycles. The van der Waals surface area contributed by atoms with Crippen LogP contribution in [0.3, 0.4) is 0 Å². The minimum atomic E-state index is 0.0648. The molecule has 1 aliphatic heterocycles. The molecule has 0 bridgehead atoms. The van der Waals surface area contributed by atoms with Gasteiger partial charge < -0.3 is 9.47 Å². The molecular weight excluding hydrogens is 68.0 g/mol. The molecule has 0 saturated carbocycles. The zero-order valence-corrected chi connectivity index (χ0v) is 3.10. The van der Waals surface area contributed by atoms with Crippen LogP contribution in [-0.2, 0) is 9.47 Å². The van der Waals surface area contributed by atoms with E-state index in [2.05, 4.69) is 0 Å². The second-order valence-electron chi connectivity index (χ2n) is 1.02. The molecule has 1 aliphatic rings. The van der Waals surface area contributed by atoms with E-state index in [-0.39, 0.29) is 6.29 Å². The van der Waals surface area contributed by atoms with Gasteiger partial charge in [-0.25, -0.2) is 0 Å². The standard InChI is InChI=1S/C3H6O2/c1-3-4-2-5-3/h3H,2H2,1H3. The monoisotopic (exact) mass is 74.0 g/mol. The fourth-order valence-corrected chi connectivity index (χ4v) is 0.204. The molecule has 0 amide bonds. The van der Waals surface area contributed by atoms with Crippen molar-refractivity contribution in [1.82, 2.24) is 0 Å². The minimum Gasteiger partial charge on any atom is -0.327 e. The van der Waals surface area contributed by atoms with E-state index in [1.807, 2.05) is 6.92 Å². The maximum atomic E-state index is 4.71. The van der Waals surface area contributed by atoms with Crippen molar-refractivity contribution in [2.24, 2.45) is 0 Å². The molecule has 0 aromatic heterocycles. The van der Waals surface area contributed by atoms with Crippen LogP contribution >= 0.6 is 0 Å². The molecule has 0 aromatic carbocycles. The molecular formula is C3H6O2. The molecule has 0 N–H and O–H groups in total. The second-order valence-corrected chi connectivity index (χ2v) is 1.02.